The van der Waals surface area contributed by atoms with E-state index in [1.165, 1.54) is 11.6 Å². The first kappa shape index (κ1) is 15.4. The van der Waals surface area contributed by atoms with Gasteiger partial charge in [0.1, 0.15) is 11.6 Å². The van der Waals surface area contributed by atoms with Crippen LogP contribution in [0, 0.1) is 5.82 Å². The Bertz CT molecular complexity index is 598. The summed E-state index contributed by atoms with van der Waals surface area (Å²) >= 11 is 0. The van der Waals surface area contributed by atoms with Gasteiger partial charge in [0.15, 0.2) is 0 Å². The van der Waals surface area contributed by atoms with Crippen molar-refractivity contribution in [2.75, 3.05) is 19.0 Å². The number of nitrogens with zero attached hydrogens (tertiary/aromatic N) is 2. The number of rotatable bonds is 6. The van der Waals surface area contributed by atoms with Crippen molar-refractivity contribution in [3.05, 3.63) is 59.0 Å². The van der Waals surface area contributed by atoms with E-state index in [-0.39, 0.29) is 5.82 Å². The van der Waals surface area contributed by atoms with Crippen LogP contribution in [0.1, 0.15) is 23.7 Å². The summed E-state index contributed by atoms with van der Waals surface area (Å²) in [5.74, 6) is 0.718. The molecule has 0 fully saturated rings. The smallest absolute Gasteiger partial charge is 0.129 e. The molecule has 0 atom stereocenters. The molecule has 0 aliphatic rings. The van der Waals surface area contributed by atoms with Crippen molar-refractivity contribution in [2.45, 2.75) is 26.4 Å². The maximum absolute atomic E-state index is 13.3. The van der Waals surface area contributed by atoms with Crippen LogP contribution in [0.15, 0.2) is 36.4 Å². The number of halogens is 1. The van der Waals surface area contributed by atoms with Gasteiger partial charge in [-0.05, 0) is 48.9 Å². The van der Waals surface area contributed by atoms with E-state index in [4.69, 9.17) is 0 Å². The normalized spacial score (nSPS) is 10.7. The SMILES string of the molecule is CCc1cc(CNC)cc(N(C)Cc2cccc(F)c2)n1. The van der Waals surface area contributed by atoms with Gasteiger partial charge >= 0.3 is 0 Å². The lowest BCUT2D eigenvalue weighted by Crippen LogP contribution is -2.19. The fourth-order valence-corrected chi connectivity index (χ4v) is 2.31. The molecule has 0 saturated carbocycles. The molecular weight excluding hydrogens is 265 g/mol. The van der Waals surface area contributed by atoms with Crippen molar-refractivity contribution >= 4 is 5.82 Å². The molecule has 1 aromatic heterocycles. The van der Waals surface area contributed by atoms with Gasteiger partial charge < -0.3 is 10.2 Å². The van der Waals surface area contributed by atoms with Crippen LogP contribution in [0.3, 0.4) is 0 Å². The Labute approximate surface area is 125 Å². The Morgan fingerprint density at radius 3 is 2.67 bits per heavy atom. The Morgan fingerprint density at radius 2 is 2.00 bits per heavy atom. The summed E-state index contributed by atoms with van der Waals surface area (Å²) in [6, 6.07) is 10.9. The topological polar surface area (TPSA) is 28.2 Å². The molecule has 1 heterocycles. The molecule has 1 aromatic carbocycles. The second kappa shape index (κ2) is 7.18. The van der Waals surface area contributed by atoms with Crippen LogP contribution in [-0.2, 0) is 19.5 Å². The number of benzene rings is 1. The summed E-state index contributed by atoms with van der Waals surface area (Å²) in [5.41, 5.74) is 3.23. The van der Waals surface area contributed by atoms with Crippen LogP contribution in [0.4, 0.5) is 10.2 Å². The van der Waals surface area contributed by atoms with Gasteiger partial charge in [-0.25, -0.2) is 9.37 Å². The molecule has 0 unspecified atom stereocenters. The molecule has 0 aliphatic carbocycles. The third-order valence-corrected chi connectivity index (χ3v) is 3.37. The molecule has 2 aromatic rings. The van der Waals surface area contributed by atoms with Gasteiger partial charge in [0.2, 0.25) is 0 Å². The number of aromatic nitrogens is 1. The highest BCUT2D eigenvalue weighted by atomic mass is 19.1. The van der Waals surface area contributed by atoms with Crippen molar-refractivity contribution in [2.24, 2.45) is 0 Å². The van der Waals surface area contributed by atoms with Crippen molar-refractivity contribution in [1.82, 2.24) is 10.3 Å². The monoisotopic (exact) mass is 287 g/mol. The number of aryl methyl sites for hydroxylation is 1. The van der Waals surface area contributed by atoms with E-state index in [2.05, 4.69) is 29.4 Å². The molecule has 21 heavy (non-hydrogen) atoms. The molecule has 0 aliphatic heterocycles. The van der Waals surface area contributed by atoms with Crippen LogP contribution >= 0.6 is 0 Å². The molecule has 3 nitrogen and oxygen atoms in total. The third-order valence-electron chi connectivity index (χ3n) is 3.37. The zero-order valence-electron chi connectivity index (χ0n) is 12.9. The van der Waals surface area contributed by atoms with E-state index in [1.807, 2.05) is 25.1 Å². The predicted octanol–water partition coefficient (Wildman–Crippen LogP) is 3.14. The highest BCUT2D eigenvalue weighted by molar-refractivity contribution is 5.43. The third kappa shape index (κ3) is 4.26. The average Bonchev–Trinajstić information content (AvgIpc) is 2.47. The first-order chi connectivity index (χ1) is 10.1. The molecular formula is C17H22FN3. The zero-order valence-corrected chi connectivity index (χ0v) is 12.9. The zero-order chi connectivity index (χ0) is 15.2. The van der Waals surface area contributed by atoms with Gasteiger partial charge in [-0.3, -0.25) is 0 Å². The Hall–Kier alpha value is -1.94. The number of anilines is 1. The minimum Gasteiger partial charge on any atom is -0.355 e. The van der Waals surface area contributed by atoms with Crippen LogP contribution < -0.4 is 10.2 Å². The molecule has 112 valence electrons. The number of nitrogens with one attached hydrogen (secondary N) is 1. The molecule has 4 heteroatoms. The summed E-state index contributed by atoms with van der Waals surface area (Å²) < 4.78 is 13.3. The summed E-state index contributed by atoms with van der Waals surface area (Å²) in [4.78, 5) is 6.71. The molecule has 0 radical (unpaired) electrons. The van der Waals surface area contributed by atoms with E-state index >= 15 is 0 Å². The van der Waals surface area contributed by atoms with Crippen LogP contribution in [0.5, 0.6) is 0 Å². The summed E-state index contributed by atoms with van der Waals surface area (Å²) in [5, 5.41) is 3.16. The fourth-order valence-electron chi connectivity index (χ4n) is 2.31. The average molecular weight is 287 g/mol. The van der Waals surface area contributed by atoms with Gasteiger partial charge in [-0.2, -0.15) is 0 Å². The lowest BCUT2D eigenvalue weighted by atomic mass is 10.1. The second-order valence-corrected chi connectivity index (χ2v) is 5.19. The van der Waals surface area contributed by atoms with Gasteiger partial charge in [0, 0.05) is 25.8 Å². The predicted molar refractivity (Wildman–Crippen MR) is 84.9 cm³/mol. The molecule has 0 bridgehead atoms. The summed E-state index contributed by atoms with van der Waals surface area (Å²) in [6.45, 7) is 3.55. The van der Waals surface area contributed by atoms with E-state index in [0.717, 1.165) is 30.0 Å². The first-order valence-electron chi connectivity index (χ1n) is 7.22. The Morgan fingerprint density at radius 1 is 1.19 bits per heavy atom. The minimum atomic E-state index is -0.202. The second-order valence-electron chi connectivity index (χ2n) is 5.19. The molecule has 0 spiro atoms. The Balaban J connectivity index is 2.21. The number of pyridine rings is 1. The molecule has 0 saturated heterocycles. The molecule has 1 N–H and O–H groups in total. The Kier molecular flexibility index (Phi) is 5.28. The first-order valence-corrected chi connectivity index (χ1v) is 7.22. The van der Waals surface area contributed by atoms with Gasteiger partial charge in [0.25, 0.3) is 0 Å². The van der Waals surface area contributed by atoms with Crippen LogP contribution in [0.2, 0.25) is 0 Å². The summed E-state index contributed by atoms with van der Waals surface area (Å²) in [7, 11) is 3.91. The maximum atomic E-state index is 13.3. The van der Waals surface area contributed by atoms with E-state index < -0.39 is 0 Å². The molecule has 2 rings (SSSR count). The van der Waals surface area contributed by atoms with Crippen molar-refractivity contribution in [1.29, 1.82) is 0 Å². The van der Waals surface area contributed by atoms with Crippen molar-refractivity contribution in [3.8, 4) is 0 Å². The van der Waals surface area contributed by atoms with Crippen LogP contribution in [-0.4, -0.2) is 19.1 Å². The fraction of sp³-hybridized carbons (Fsp3) is 0.353. The van der Waals surface area contributed by atoms with Gasteiger partial charge in [-0.1, -0.05) is 19.1 Å². The van der Waals surface area contributed by atoms with E-state index in [0.29, 0.717) is 6.54 Å². The number of hydrogen-bond acceptors (Lipinski definition) is 3. The van der Waals surface area contributed by atoms with Gasteiger partial charge in [-0.15, -0.1) is 0 Å². The molecule has 0 amide bonds. The van der Waals surface area contributed by atoms with Crippen molar-refractivity contribution in [3.63, 3.8) is 0 Å². The van der Waals surface area contributed by atoms with Crippen LogP contribution in [0.25, 0.3) is 0 Å². The number of hydrogen-bond donors (Lipinski definition) is 1. The van der Waals surface area contributed by atoms with E-state index in [9.17, 15) is 4.39 Å². The van der Waals surface area contributed by atoms with E-state index in [1.54, 1.807) is 12.1 Å². The minimum absolute atomic E-state index is 0.202. The standard InChI is InChI=1S/C17H22FN3/c1-4-16-9-14(11-19-2)10-17(20-16)21(3)12-13-6-5-7-15(18)8-13/h5-10,19H,4,11-12H2,1-3H3. The maximum Gasteiger partial charge on any atom is 0.129 e. The highest BCUT2D eigenvalue weighted by Gasteiger charge is 2.07. The summed E-state index contributed by atoms with van der Waals surface area (Å²) in [6.07, 6.45) is 0.901. The largest absolute Gasteiger partial charge is 0.355 e. The highest BCUT2D eigenvalue weighted by Crippen LogP contribution is 2.17. The van der Waals surface area contributed by atoms with Crippen molar-refractivity contribution < 1.29 is 4.39 Å². The lowest BCUT2D eigenvalue weighted by Gasteiger charge is -2.20. The lowest BCUT2D eigenvalue weighted by molar-refractivity contribution is 0.625. The van der Waals surface area contributed by atoms with Gasteiger partial charge in [0.05, 0.1) is 0 Å². The quantitative estimate of drug-likeness (QED) is 0.884.